The molecule has 0 aliphatic carbocycles. The van der Waals surface area contributed by atoms with E-state index in [0.29, 0.717) is 0 Å². The first-order valence-corrected chi connectivity index (χ1v) is 15.6. The molecule has 0 aliphatic heterocycles. The third-order valence-corrected chi connectivity index (χ3v) is 9.00. The zero-order valence-electron chi connectivity index (χ0n) is 25.6. The summed E-state index contributed by atoms with van der Waals surface area (Å²) >= 11 is 0. The van der Waals surface area contributed by atoms with Crippen molar-refractivity contribution in [2.24, 2.45) is 7.05 Å². The highest BCUT2D eigenvalue weighted by molar-refractivity contribution is 6.13. The molecule has 222 valence electrons. The molecule has 0 radical (unpaired) electrons. The van der Waals surface area contributed by atoms with Crippen LogP contribution in [-0.4, -0.2) is 29.1 Å². The topological polar surface area (TPSA) is 61.4 Å². The SMILES string of the molecule is Cn1c(-c2cc3c(cc2-c2ccncc2)c2cc(-c4ccncc4)ccc2n3-c2cccc(-c3ccccn3)c2)nc2ccccc21. The minimum absolute atomic E-state index is 0.913. The third kappa shape index (κ3) is 4.50. The van der Waals surface area contributed by atoms with Gasteiger partial charge in [0.05, 0.1) is 27.8 Å². The molecule has 6 heteroatoms. The van der Waals surface area contributed by atoms with E-state index in [1.54, 1.807) is 0 Å². The number of imidazole rings is 1. The van der Waals surface area contributed by atoms with Crippen LogP contribution < -0.4 is 0 Å². The smallest absolute Gasteiger partial charge is 0.141 e. The second kappa shape index (κ2) is 10.9. The second-order valence-corrected chi connectivity index (χ2v) is 11.7. The Morgan fingerprint density at radius 2 is 1.26 bits per heavy atom. The van der Waals surface area contributed by atoms with E-state index in [0.717, 1.165) is 78.0 Å². The lowest BCUT2D eigenvalue weighted by molar-refractivity contribution is 0.960. The molecule has 0 N–H and O–H groups in total. The molecule has 0 amide bonds. The molecule has 0 atom stereocenters. The van der Waals surface area contributed by atoms with Gasteiger partial charge in [0.1, 0.15) is 5.82 Å². The van der Waals surface area contributed by atoms with Gasteiger partial charge in [-0.05, 0) is 107 Å². The molecule has 6 nitrogen and oxygen atoms in total. The van der Waals surface area contributed by atoms with Gasteiger partial charge in [-0.2, -0.15) is 0 Å². The predicted octanol–water partition coefficient (Wildman–Crippen LogP) is 9.52. The Morgan fingerprint density at radius 3 is 2.04 bits per heavy atom. The van der Waals surface area contributed by atoms with Gasteiger partial charge in [-0.3, -0.25) is 15.0 Å². The third-order valence-electron chi connectivity index (χ3n) is 9.00. The molecule has 0 spiro atoms. The van der Waals surface area contributed by atoms with E-state index in [-0.39, 0.29) is 0 Å². The van der Waals surface area contributed by atoms with E-state index in [2.05, 4.69) is 134 Å². The first-order chi connectivity index (χ1) is 23.2. The molecule has 0 fully saturated rings. The average molecular weight is 605 g/mol. The Balaban J connectivity index is 1.39. The van der Waals surface area contributed by atoms with Crippen LogP contribution in [0.1, 0.15) is 0 Å². The van der Waals surface area contributed by atoms with E-state index < -0.39 is 0 Å². The van der Waals surface area contributed by atoms with Crippen LogP contribution in [0.5, 0.6) is 0 Å². The lowest BCUT2D eigenvalue weighted by atomic mass is 9.96. The average Bonchev–Trinajstić information content (AvgIpc) is 3.65. The van der Waals surface area contributed by atoms with Gasteiger partial charge in [-0.25, -0.2) is 4.98 Å². The highest BCUT2D eigenvalue weighted by atomic mass is 15.1. The second-order valence-electron chi connectivity index (χ2n) is 11.7. The van der Waals surface area contributed by atoms with E-state index >= 15 is 0 Å². The molecule has 5 aromatic heterocycles. The summed E-state index contributed by atoms with van der Waals surface area (Å²) in [7, 11) is 2.10. The normalized spacial score (nSPS) is 11.5. The number of aromatic nitrogens is 6. The largest absolute Gasteiger partial charge is 0.327 e. The lowest BCUT2D eigenvalue weighted by Gasteiger charge is -2.14. The van der Waals surface area contributed by atoms with Gasteiger partial charge in [-0.1, -0.05) is 36.4 Å². The fourth-order valence-electron chi connectivity index (χ4n) is 6.75. The van der Waals surface area contributed by atoms with E-state index in [4.69, 9.17) is 4.98 Å². The van der Waals surface area contributed by atoms with Crippen molar-refractivity contribution in [2.45, 2.75) is 0 Å². The quantitative estimate of drug-likeness (QED) is 0.196. The van der Waals surface area contributed by atoms with Gasteiger partial charge in [0.15, 0.2) is 0 Å². The number of fused-ring (bicyclic) bond motifs is 4. The lowest BCUT2D eigenvalue weighted by Crippen LogP contribution is -1.98. The van der Waals surface area contributed by atoms with Crippen LogP contribution in [0.2, 0.25) is 0 Å². The van der Waals surface area contributed by atoms with Crippen LogP contribution in [-0.2, 0) is 7.05 Å². The van der Waals surface area contributed by atoms with Gasteiger partial charge in [0.25, 0.3) is 0 Å². The first-order valence-electron chi connectivity index (χ1n) is 15.6. The van der Waals surface area contributed by atoms with Crippen molar-refractivity contribution in [2.75, 3.05) is 0 Å². The maximum atomic E-state index is 5.16. The van der Waals surface area contributed by atoms with Gasteiger partial charge in [-0.15, -0.1) is 0 Å². The Morgan fingerprint density at radius 1 is 0.489 bits per heavy atom. The van der Waals surface area contributed by atoms with Crippen LogP contribution in [0.3, 0.4) is 0 Å². The zero-order valence-corrected chi connectivity index (χ0v) is 25.6. The van der Waals surface area contributed by atoms with Crippen molar-refractivity contribution < 1.29 is 0 Å². The van der Waals surface area contributed by atoms with Crippen molar-refractivity contribution in [3.8, 4) is 50.6 Å². The summed E-state index contributed by atoms with van der Waals surface area (Å²) in [6, 6.07) is 42.6. The molecule has 0 bridgehead atoms. The minimum atomic E-state index is 0.913. The maximum absolute atomic E-state index is 5.16. The van der Waals surface area contributed by atoms with Crippen molar-refractivity contribution in [3.05, 3.63) is 152 Å². The maximum Gasteiger partial charge on any atom is 0.141 e. The van der Waals surface area contributed by atoms with Gasteiger partial charge < -0.3 is 9.13 Å². The molecule has 9 aromatic rings. The summed E-state index contributed by atoms with van der Waals surface area (Å²) in [5.74, 6) is 0.913. The van der Waals surface area contributed by atoms with E-state index in [9.17, 15) is 0 Å². The highest BCUT2D eigenvalue weighted by Gasteiger charge is 2.21. The molecule has 5 heterocycles. The summed E-state index contributed by atoms with van der Waals surface area (Å²) in [5, 5.41) is 2.33. The molecule has 0 saturated heterocycles. The number of benzene rings is 4. The Hall–Kier alpha value is -6.40. The molecule has 0 saturated carbocycles. The van der Waals surface area contributed by atoms with Crippen molar-refractivity contribution in [1.29, 1.82) is 0 Å². The molecule has 47 heavy (non-hydrogen) atoms. The molecular weight excluding hydrogens is 576 g/mol. The summed E-state index contributed by atoms with van der Waals surface area (Å²) in [5.41, 5.74) is 12.9. The molecule has 9 rings (SSSR count). The molecule has 0 aliphatic rings. The summed E-state index contributed by atoms with van der Waals surface area (Å²) in [6.45, 7) is 0. The summed E-state index contributed by atoms with van der Waals surface area (Å²) in [4.78, 5) is 18.4. The summed E-state index contributed by atoms with van der Waals surface area (Å²) < 4.78 is 4.56. The van der Waals surface area contributed by atoms with Crippen molar-refractivity contribution in [3.63, 3.8) is 0 Å². The van der Waals surface area contributed by atoms with Crippen molar-refractivity contribution in [1.82, 2.24) is 29.1 Å². The highest BCUT2D eigenvalue weighted by Crippen LogP contribution is 2.42. The standard InChI is InChI=1S/C41H28N6/c1-46-39-11-3-2-10-37(39)45-41(46)35-26-40-34(25-32(35)28-16-21-43-22-17-28)33-24-29(27-14-19-42-20-15-27)12-13-38(33)47(40)31-8-6-7-30(23-31)36-9-4-5-18-44-36/h2-26H,1H3. The Kier molecular flexibility index (Phi) is 6.25. The number of para-hydroxylation sites is 2. The van der Waals surface area contributed by atoms with Gasteiger partial charge >= 0.3 is 0 Å². The fraction of sp³-hybridized carbons (Fsp3) is 0.0244. The fourth-order valence-corrected chi connectivity index (χ4v) is 6.75. The monoisotopic (exact) mass is 604 g/mol. The van der Waals surface area contributed by atoms with E-state index in [1.165, 1.54) is 5.39 Å². The van der Waals surface area contributed by atoms with Gasteiger partial charge in [0.2, 0.25) is 0 Å². The summed E-state index contributed by atoms with van der Waals surface area (Å²) in [6.07, 6.45) is 9.23. The number of nitrogens with zero attached hydrogens (tertiary/aromatic N) is 6. The van der Waals surface area contributed by atoms with Crippen LogP contribution in [0.4, 0.5) is 0 Å². The van der Waals surface area contributed by atoms with Gasteiger partial charge in [0, 0.05) is 65.6 Å². The number of hydrogen-bond donors (Lipinski definition) is 0. The number of hydrogen-bond acceptors (Lipinski definition) is 4. The Bertz CT molecular complexity index is 2570. The number of pyridine rings is 3. The molecule has 4 aromatic carbocycles. The van der Waals surface area contributed by atoms with Crippen LogP contribution in [0.25, 0.3) is 83.4 Å². The number of aryl methyl sites for hydroxylation is 1. The minimum Gasteiger partial charge on any atom is -0.327 e. The Labute approximate surface area is 271 Å². The first kappa shape index (κ1) is 27.0. The van der Waals surface area contributed by atoms with Crippen LogP contribution >= 0.6 is 0 Å². The van der Waals surface area contributed by atoms with Crippen molar-refractivity contribution >= 4 is 32.8 Å². The van der Waals surface area contributed by atoms with Crippen LogP contribution in [0, 0.1) is 0 Å². The number of rotatable bonds is 5. The molecule has 0 unspecified atom stereocenters. The zero-order chi connectivity index (χ0) is 31.3. The van der Waals surface area contributed by atoms with E-state index in [1.807, 2.05) is 49.2 Å². The molecular formula is C41H28N6. The van der Waals surface area contributed by atoms with Crippen LogP contribution in [0.15, 0.2) is 152 Å². The predicted molar refractivity (Wildman–Crippen MR) is 190 cm³/mol.